The molecule has 0 spiro atoms. The first-order chi connectivity index (χ1) is 6.78. The summed E-state index contributed by atoms with van der Waals surface area (Å²) in [6.07, 6.45) is -2.34. The first kappa shape index (κ1) is 16.0. The van der Waals surface area contributed by atoms with Gasteiger partial charge in [-0.15, -0.1) is 0 Å². The Balaban J connectivity index is 5.49. The summed E-state index contributed by atoms with van der Waals surface area (Å²) in [6, 6.07) is 0. The molecule has 0 aliphatic carbocycles. The molecule has 0 saturated carbocycles. The van der Waals surface area contributed by atoms with Crippen molar-refractivity contribution in [3.63, 3.8) is 0 Å². The van der Waals surface area contributed by atoms with Crippen molar-refractivity contribution in [3.05, 3.63) is 0 Å². The van der Waals surface area contributed by atoms with Gasteiger partial charge in [0.05, 0.1) is 0 Å². The zero-order chi connectivity index (χ0) is 13.3. The second-order valence-electron chi connectivity index (χ2n) is 4.62. The average molecular weight is 277 g/mol. The van der Waals surface area contributed by atoms with Crippen LogP contribution in [0.2, 0.25) is 0 Å². The van der Waals surface area contributed by atoms with Gasteiger partial charge in [-0.1, -0.05) is 0 Å². The van der Waals surface area contributed by atoms with Crippen molar-refractivity contribution in [1.82, 2.24) is 0 Å². The third-order valence-corrected chi connectivity index (χ3v) is 5.32. The molecule has 7 heteroatoms. The van der Waals surface area contributed by atoms with Crippen LogP contribution in [0.4, 0.5) is 0 Å². The van der Waals surface area contributed by atoms with Gasteiger partial charge in [-0.3, -0.25) is 0 Å². The second-order valence-corrected chi connectivity index (χ2v) is 9.21. The molecule has 0 saturated heterocycles. The van der Waals surface area contributed by atoms with E-state index in [-0.39, 0.29) is 0 Å². The van der Waals surface area contributed by atoms with Gasteiger partial charge in [0.15, 0.2) is 0 Å². The van der Waals surface area contributed by atoms with Crippen LogP contribution in [0.15, 0.2) is 0 Å². The Labute approximate surface area is 95.6 Å². The van der Waals surface area contributed by atoms with Gasteiger partial charge in [0.25, 0.3) is 0 Å². The van der Waals surface area contributed by atoms with Gasteiger partial charge in [-0.2, -0.15) is 0 Å². The van der Waals surface area contributed by atoms with Gasteiger partial charge < -0.3 is 0 Å². The van der Waals surface area contributed by atoms with E-state index in [0.717, 1.165) is 0 Å². The van der Waals surface area contributed by atoms with Crippen molar-refractivity contribution in [2.24, 2.45) is 0 Å². The molecule has 1 N–H and O–H groups in total. The van der Waals surface area contributed by atoms with Gasteiger partial charge in [0.2, 0.25) is 0 Å². The van der Waals surface area contributed by atoms with Crippen LogP contribution in [0.3, 0.4) is 0 Å². The van der Waals surface area contributed by atoms with Crippen LogP contribution < -0.4 is 0 Å². The molecule has 0 rings (SSSR count). The topological polar surface area (TPSA) is 82.1 Å². The molecule has 0 aromatic heterocycles. The Morgan fingerprint density at radius 1 is 0.750 bits per heavy atom. The van der Waals surface area contributed by atoms with Crippen LogP contribution in [0.1, 0.15) is 41.5 Å². The standard InChI is InChI=1S/3C3H7O.H2O.2O.V/c3*1-3(2)4;;;;/h3*3H,1-2H3;1H2;;;/q3*-1;;;;+4/p-1. The Hall–Kier alpha value is 0.0244. The van der Waals surface area contributed by atoms with Crippen LogP contribution in [-0.4, -0.2) is 22.3 Å². The number of hydrogen-bond donors (Lipinski definition) is 1. The fourth-order valence-electron chi connectivity index (χ4n) is 1.39. The van der Waals surface area contributed by atoms with E-state index in [1.54, 1.807) is 0 Å². The van der Waals surface area contributed by atoms with E-state index >= 15 is 0 Å². The van der Waals surface area contributed by atoms with Gasteiger partial charge in [-0.05, 0) is 0 Å². The molecule has 0 unspecified atom stereocenters. The van der Waals surface area contributed by atoms with Crippen molar-refractivity contribution in [1.29, 1.82) is 0 Å². The average Bonchev–Trinajstić information content (AvgIpc) is 1.71. The minimum absolute atomic E-state index is 0.780. The van der Waals surface area contributed by atoms with Crippen molar-refractivity contribution >= 4 is 0 Å². The fourth-order valence-corrected chi connectivity index (χ4v) is 5.73. The van der Waals surface area contributed by atoms with Crippen LogP contribution in [0, 0.1) is 0 Å². The second kappa shape index (κ2) is 4.05. The van der Waals surface area contributed by atoms with E-state index in [1.165, 1.54) is 41.5 Å². The molecule has 0 aliphatic rings. The summed E-state index contributed by atoms with van der Waals surface area (Å²) in [6.45, 7) is 8.75. The molecule has 6 nitrogen and oxygen atoms in total. The van der Waals surface area contributed by atoms with Crippen LogP contribution in [-0.2, 0) is 31.4 Å². The predicted octanol–water partition coefficient (Wildman–Crippen LogP) is 1.83. The Morgan fingerprint density at radius 3 is 1.06 bits per heavy atom. The van der Waals surface area contributed by atoms with Crippen LogP contribution in [0.25, 0.3) is 0 Å². The van der Waals surface area contributed by atoms with E-state index in [1.807, 2.05) is 0 Å². The predicted molar refractivity (Wildman–Crippen MR) is 52.3 cm³/mol. The van der Waals surface area contributed by atoms with Crippen LogP contribution >= 0.6 is 0 Å². The molecule has 0 atom stereocenters. The minimum atomic E-state index is -7.62. The van der Waals surface area contributed by atoms with Crippen molar-refractivity contribution in [2.45, 2.75) is 59.9 Å². The van der Waals surface area contributed by atoms with Crippen molar-refractivity contribution in [3.8, 4) is 0 Å². The third-order valence-electron chi connectivity index (χ3n) is 1.29. The van der Waals surface area contributed by atoms with Crippen molar-refractivity contribution in [2.75, 3.05) is 0 Å². The fraction of sp³-hybridized carbons (Fsp3) is 1.00. The normalized spacial score (nSPS) is 17.9. The van der Waals surface area contributed by atoms with Crippen LogP contribution in [0.5, 0.6) is 0 Å². The Kier molecular flexibility index (Phi) is 4.05. The zero-order valence-electron chi connectivity index (χ0n) is 10.7. The quantitative estimate of drug-likeness (QED) is 0.797. The maximum absolute atomic E-state index is 12.2. The molecular weight excluding hydrogens is 255 g/mol. The maximum atomic E-state index is 12.2. The summed E-state index contributed by atoms with van der Waals surface area (Å²) in [5.41, 5.74) is 0. The Morgan fingerprint density at radius 2 is 0.938 bits per heavy atom. The van der Waals surface area contributed by atoms with Gasteiger partial charge in [-0.25, -0.2) is 0 Å². The SMILES string of the molecule is CC(C)[O][V](=[O])(=[O])([OH])([O]C(C)C)[O]C(C)C. The molecule has 99 valence electrons. The molecule has 0 heterocycles. The van der Waals surface area contributed by atoms with Gasteiger partial charge in [0.1, 0.15) is 0 Å². The molecule has 0 bridgehead atoms. The van der Waals surface area contributed by atoms with Gasteiger partial charge in [0, 0.05) is 0 Å². The zero-order valence-corrected chi connectivity index (χ0v) is 12.1. The summed E-state index contributed by atoms with van der Waals surface area (Å²) in [5.74, 6) is 0. The molecule has 0 aromatic carbocycles. The monoisotopic (exact) mass is 277 g/mol. The number of hydrogen-bond acceptors (Lipinski definition) is 5. The first-order valence-electron chi connectivity index (χ1n) is 5.28. The molecule has 0 aromatic rings. The van der Waals surface area contributed by atoms with Gasteiger partial charge >= 0.3 is 95.3 Å². The summed E-state index contributed by atoms with van der Waals surface area (Å²) in [5, 5.41) is 0. The molecule has 0 aliphatic heterocycles. The van der Waals surface area contributed by atoms with E-state index in [9.17, 15) is 11.4 Å². The Bertz CT molecular complexity index is 350. The van der Waals surface area contributed by atoms with E-state index < -0.39 is 31.4 Å². The van der Waals surface area contributed by atoms with E-state index in [0.29, 0.717) is 0 Å². The third kappa shape index (κ3) is 5.38. The molecular formula is C9H22O6V. The first-order valence-corrected chi connectivity index (χ1v) is 8.76. The summed E-state index contributed by atoms with van der Waals surface area (Å²) in [7, 11) is 0. The summed E-state index contributed by atoms with van der Waals surface area (Å²) in [4.78, 5) is 0. The van der Waals surface area contributed by atoms with E-state index in [2.05, 4.69) is 11.0 Å². The molecule has 0 radical (unpaired) electrons. The molecule has 0 fully saturated rings. The molecule has 16 heavy (non-hydrogen) atoms. The summed E-state index contributed by atoms with van der Waals surface area (Å²) < 4.78 is 48.1. The number of rotatable bonds is 6. The van der Waals surface area contributed by atoms with E-state index in [4.69, 9.17) is 0 Å². The summed E-state index contributed by atoms with van der Waals surface area (Å²) >= 11 is -7.62. The molecule has 0 amide bonds. The van der Waals surface area contributed by atoms with Crippen molar-refractivity contribution < 1.29 is 35.4 Å².